The van der Waals surface area contributed by atoms with E-state index in [2.05, 4.69) is 5.32 Å². The Labute approximate surface area is 160 Å². The van der Waals surface area contributed by atoms with Crippen LogP contribution < -0.4 is 10.2 Å². The highest BCUT2D eigenvalue weighted by atomic mass is 35.5. The van der Waals surface area contributed by atoms with E-state index >= 15 is 0 Å². The number of benzene rings is 2. The summed E-state index contributed by atoms with van der Waals surface area (Å²) in [5.74, 6) is -0.280. The quantitative estimate of drug-likeness (QED) is 0.703. The topological polar surface area (TPSA) is 49.4 Å². The van der Waals surface area contributed by atoms with Crippen LogP contribution in [0.1, 0.15) is 25.6 Å². The van der Waals surface area contributed by atoms with Crippen molar-refractivity contribution in [3.05, 3.63) is 81.0 Å². The van der Waals surface area contributed by atoms with Crippen LogP contribution in [0, 0.1) is 0 Å². The smallest absolute Gasteiger partial charge is 0.268 e. The predicted molar refractivity (Wildman–Crippen MR) is 106 cm³/mol. The molecule has 0 saturated carbocycles. The van der Waals surface area contributed by atoms with Crippen molar-refractivity contribution in [3.63, 3.8) is 0 Å². The normalized spacial score (nSPS) is 12.7. The van der Waals surface area contributed by atoms with Gasteiger partial charge in [-0.15, -0.1) is 11.3 Å². The Kier molecular flexibility index (Phi) is 4.49. The molecule has 6 heteroatoms. The molecule has 0 fully saturated rings. The van der Waals surface area contributed by atoms with Crippen LogP contribution in [0.4, 0.5) is 11.4 Å². The number of anilines is 2. The molecule has 0 spiro atoms. The molecule has 1 aromatic heterocycles. The second-order valence-electron chi connectivity index (χ2n) is 5.96. The van der Waals surface area contributed by atoms with Gasteiger partial charge in [0, 0.05) is 17.9 Å². The molecule has 4 rings (SSSR count). The summed E-state index contributed by atoms with van der Waals surface area (Å²) in [5.41, 5.74) is 3.01. The van der Waals surface area contributed by atoms with Gasteiger partial charge in [-0.1, -0.05) is 35.9 Å². The monoisotopic (exact) mass is 382 g/mol. The molecular weight excluding hydrogens is 368 g/mol. The number of nitrogens with zero attached hydrogens (tertiary/aromatic N) is 1. The zero-order chi connectivity index (χ0) is 18.1. The molecule has 0 radical (unpaired) electrons. The Hall–Kier alpha value is -2.63. The van der Waals surface area contributed by atoms with Crippen molar-refractivity contribution in [2.24, 2.45) is 0 Å². The number of thiophene rings is 1. The lowest BCUT2D eigenvalue weighted by Gasteiger charge is -2.17. The molecular formula is C20H15ClN2O2S. The molecule has 130 valence electrons. The molecule has 2 aromatic carbocycles. The summed E-state index contributed by atoms with van der Waals surface area (Å²) in [4.78, 5) is 27.6. The summed E-state index contributed by atoms with van der Waals surface area (Å²) in [6.07, 6.45) is 0.811. The van der Waals surface area contributed by atoms with Crippen LogP contribution in [-0.4, -0.2) is 18.4 Å². The minimum atomic E-state index is -0.273. The van der Waals surface area contributed by atoms with Crippen LogP contribution in [-0.2, 0) is 6.42 Å². The van der Waals surface area contributed by atoms with Crippen molar-refractivity contribution in [1.82, 2.24) is 0 Å². The molecule has 3 aromatic rings. The average Bonchev–Trinajstić information content (AvgIpc) is 3.31. The van der Waals surface area contributed by atoms with Crippen LogP contribution in [0.25, 0.3) is 0 Å². The van der Waals surface area contributed by atoms with Crippen molar-refractivity contribution in [2.75, 3.05) is 16.8 Å². The summed E-state index contributed by atoms with van der Waals surface area (Å²) in [7, 11) is 0. The van der Waals surface area contributed by atoms with Gasteiger partial charge < -0.3 is 10.2 Å². The van der Waals surface area contributed by atoms with Gasteiger partial charge in [-0.2, -0.15) is 0 Å². The highest BCUT2D eigenvalue weighted by Gasteiger charge is 2.26. The van der Waals surface area contributed by atoms with Crippen molar-refractivity contribution in [3.8, 4) is 0 Å². The fourth-order valence-corrected chi connectivity index (χ4v) is 3.94. The summed E-state index contributed by atoms with van der Waals surface area (Å²) in [6, 6.07) is 16.3. The fraction of sp³-hybridized carbons (Fsp3) is 0.100. The maximum absolute atomic E-state index is 12.7. The lowest BCUT2D eigenvalue weighted by Crippen LogP contribution is -2.28. The van der Waals surface area contributed by atoms with Crippen LogP contribution in [0.15, 0.2) is 60.0 Å². The number of halogens is 1. The Morgan fingerprint density at radius 3 is 2.69 bits per heavy atom. The van der Waals surface area contributed by atoms with E-state index in [0.29, 0.717) is 27.7 Å². The number of hydrogen-bond donors (Lipinski definition) is 1. The summed E-state index contributed by atoms with van der Waals surface area (Å²) < 4.78 is 0. The molecule has 0 aliphatic carbocycles. The summed E-state index contributed by atoms with van der Waals surface area (Å²) >= 11 is 7.52. The third-order valence-electron chi connectivity index (χ3n) is 4.33. The molecule has 0 unspecified atom stereocenters. The van der Waals surface area contributed by atoms with Crippen LogP contribution >= 0.6 is 22.9 Å². The molecule has 0 saturated heterocycles. The number of carbonyl (C=O) groups is 2. The van der Waals surface area contributed by atoms with E-state index in [-0.39, 0.29) is 11.8 Å². The van der Waals surface area contributed by atoms with E-state index in [1.165, 1.54) is 11.3 Å². The summed E-state index contributed by atoms with van der Waals surface area (Å²) in [5, 5.41) is 5.16. The Bertz CT molecular complexity index is 985. The first-order valence-electron chi connectivity index (χ1n) is 8.17. The second-order valence-corrected chi connectivity index (χ2v) is 7.32. The molecule has 2 heterocycles. The SMILES string of the molecule is O=C(Nc1ccc2c(c1)N(C(=O)c1cccs1)CC2)c1ccccc1Cl. The standard InChI is InChI=1S/C20H15ClN2O2S/c21-16-5-2-1-4-15(16)19(24)22-14-8-7-13-9-10-23(17(13)12-14)20(25)18-6-3-11-26-18/h1-8,11-12H,9-10H2,(H,22,24). The molecule has 1 aliphatic rings. The van der Waals surface area contributed by atoms with Crippen LogP contribution in [0.2, 0.25) is 5.02 Å². The number of nitrogens with one attached hydrogen (secondary N) is 1. The minimum absolute atomic E-state index is 0.00618. The zero-order valence-electron chi connectivity index (χ0n) is 13.7. The lowest BCUT2D eigenvalue weighted by molar-refractivity contribution is 0.0991. The molecule has 1 N–H and O–H groups in total. The predicted octanol–water partition coefficient (Wildman–Crippen LogP) is 4.86. The van der Waals surface area contributed by atoms with Gasteiger partial charge >= 0.3 is 0 Å². The minimum Gasteiger partial charge on any atom is -0.322 e. The molecule has 0 bridgehead atoms. The largest absolute Gasteiger partial charge is 0.322 e. The first-order chi connectivity index (χ1) is 12.6. The van der Waals surface area contributed by atoms with E-state index in [9.17, 15) is 9.59 Å². The van der Waals surface area contributed by atoms with E-state index < -0.39 is 0 Å². The van der Waals surface area contributed by atoms with Crippen LogP contribution in [0.3, 0.4) is 0 Å². The van der Waals surface area contributed by atoms with Gasteiger partial charge in [-0.25, -0.2) is 0 Å². The first-order valence-corrected chi connectivity index (χ1v) is 9.43. The average molecular weight is 383 g/mol. The Morgan fingerprint density at radius 1 is 1.08 bits per heavy atom. The highest BCUT2D eigenvalue weighted by molar-refractivity contribution is 7.12. The van der Waals surface area contributed by atoms with Crippen LogP contribution in [0.5, 0.6) is 0 Å². The maximum atomic E-state index is 12.7. The third-order valence-corrected chi connectivity index (χ3v) is 5.52. The number of amides is 2. The van der Waals surface area contributed by atoms with Crippen molar-refractivity contribution >= 4 is 46.1 Å². The lowest BCUT2D eigenvalue weighted by atomic mass is 10.1. The number of hydrogen-bond acceptors (Lipinski definition) is 3. The van der Waals surface area contributed by atoms with Gasteiger partial charge in [0.25, 0.3) is 11.8 Å². The van der Waals surface area contributed by atoms with Gasteiger partial charge in [0.2, 0.25) is 0 Å². The Balaban J connectivity index is 1.59. The van der Waals surface area contributed by atoms with Gasteiger partial charge in [0.15, 0.2) is 0 Å². The molecule has 1 aliphatic heterocycles. The van der Waals surface area contributed by atoms with Gasteiger partial charge in [-0.3, -0.25) is 9.59 Å². The van der Waals surface area contributed by atoms with E-state index in [4.69, 9.17) is 11.6 Å². The van der Waals surface area contributed by atoms with E-state index in [0.717, 1.165) is 17.7 Å². The van der Waals surface area contributed by atoms with Crippen molar-refractivity contribution in [2.45, 2.75) is 6.42 Å². The second kappa shape index (κ2) is 6.94. The molecule has 26 heavy (non-hydrogen) atoms. The zero-order valence-corrected chi connectivity index (χ0v) is 15.3. The van der Waals surface area contributed by atoms with Crippen molar-refractivity contribution in [1.29, 1.82) is 0 Å². The maximum Gasteiger partial charge on any atom is 0.268 e. The van der Waals surface area contributed by atoms with Gasteiger partial charge in [0.05, 0.1) is 15.5 Å². The van der Waals surface area contributed by atoms with Gasteiger partial charge in [-0.05, 0) is 47.7 Å². The fourth-order valence-electron chi connectivity index (χ4n) is 3.04. The van der Waals surface area contributed by atoms with E-state index in [1.54, 1.807) is 29.2 Å². The Morgan fingerprint density at radius 2 is 1.92 bits per heavy atom. The van der Waals surface area contributed by atoms with Gasteiger partial charge in [0.1, 0.15) is 0 Å². The first kappa shape index (κ1) is 16.8. The number of rotatable bonds is 3. The number of carbonyl (C=O) groups excluding carboxylic acids is 2. The summed E-state index contributed by atoms with van der Waals surface area (Å²) in [6.45, 7) is 0.647. The molecule has 0 atom stereocenters. The molecule has 4 nitrogen and oxygen atoms in total. The van der Waals surface area contributed by atoms with E-state index in [1.807, 2.05) is 35.7 Å². The number of fused-ring (bicyclic) bond motifs is 1. The molecule has 2 amide bonds. The third kappa shape index (κ3) is 3.11. The van der Waals surface area contributed by atoms with Crippen molar-refractivity contribution < 1.29 is 9.59 Å². The highest BCUT2D eigenvalue weighted by Crippen LogP contribution is 2.33.